The molecule has 1 fully saturated rings. The highest BCUT2D eigenvalue weighted by Crippen LogP contribution is 2.21. The first-order chi connectivity index (χ1) is 7.09. The van der Waals surface area contributed by atoms with Gasteiger partial charge >= 0.3 is 0 Å². The van der Waals surface area contributed by atoms with E-state index in [9.17, 15) is 0 Å². The Balaban J connectivity index is 0.000000162. The Labute approximate surface area is 98.3 Å². The van der Waals surface area contributed by atoms with Gasteiger partial charge in [-0.3, -0.25) is 5.41 Å². The average Bonchev–Trinajstić information content (AvgIpc) is 2.64. The van der Waals surface area contributed by atoms with Crippen LogP contribution in [-0.2, 0) is 0 Å². The minimum Gasteiger partial charge on any atom is -0.398 e. The lowest BCUT2D eigenvalue weighted by molar-refractivity contribution is 0.942. The van der Waals surface area contributed by atoms with E-state index in [1.54, 1.807) is 18.2 Å². The number of hydrogen-bond donors (Lipinski definition) is 4. The molecule has 0 radical (unpaired) electrons. The summed E-state index contributed by atoms with van der Waals surface area (Å²) in [7, 11) is 0. The van der Waals surface area contributed by atoms with Crippen molar-refractivity contribution in [1.82, 2.24) is 10.6 Å². The lowest BCUT2D eigenvalue weighted by Crippen LogP contribution is -2.21. The van der Waals surface area contributed by atoms with Crippen LogP contribution >= 0.6 is 23.2 Å². The number of nitrogen functional groups attached to an aromatic ring is 1. The predicted octanol–water partition coefficient (Wildman–Crippen LogP) is 1.69. The number of benzene rings is 1. The Hall–Kier alpha value is -1.13. The molecule has 1 aromatic carbocycles. The fourth-order valence-electron chi connectivity index (χ4n) is 0.939. The lowest BCUT2D eigenvalue weighted by atomic mass is 10.3. The smallest absolute Gasteiger partial charge is 0.188 e. The summed E-state index contributed by atoms with van der Waals surface area (Å²) in [6.07, 6.45) is 0. The molecule has 1 heterocycles. The molecule has 4 nitrogen and oxygen atoms in total. The Bertz CT molecular complexity index is 346. The standard InChI is InChI=1S/C6H5Cl2N.C3H7N3/c7-4-1-2-6(9)5(8)3-4;4-3-5-1-2-6-3/h1-3H,9H2;1-2H2,(H3,4,5,6). The number of nitrogens with two attached hydrogens (primary N) is 1. The van der Waals surface area contributed by atoms with Crippen molar-refractivity contribution in [2.45, 2.75) is 0 Å². The highest BCUT2D eigenvalue weighted by atomic mass is 35.5. The maximum atomic E-state index is 6.83. The maximum absolute atomic E-state index is 6.83. The molecule has 0 spiro atoms. The third-order valence-electron chi connectivity index (χ3n) is 1.69. The summed E-state index contributed by atoms with van der Waals surface area (Å²) in [6.45, 7) is 1.80. The van der Waals surface area contributed by atoms with Crippen LogP contribution in [-0.4, -0.2) is 19.0 Å². The van der Waals surface area contributed by atoms with E-state index in [2.05, 4.69) is 10.6 Å². The second-order valence-electron chi connectivity index (χ2n) is 2.89. The first kappa shape index (κ1) is 11.9. The molecule has 5 N–H and O–H groups in total. The van der Waals surface area contributed by atoms with Crippen LogP contribution < -0.4 is 16.4 Å². The molecular formula is C9H12Cl2N4. The Morgan fingerprint density at radius 2 is 1.80 bits per heavy atom. The van der Waals surface area contributed by atoms with E-state index >= 15 is 0 Å². The monoisotopic (exact) mass is 246 g/mol. The SMILES string of the molecule is N=C1NCCN1.Nc1ccc(Cl)cc1Cl. The molecule has 0 saturated carbocycles. The first-order valence-corrected chi connectivity index (χ1v) is 5.12. The topological polar surface area (TPSA) is 73.9 Å². The fourth-order valence-corrected chi connectivity index (χ4v) is 1.35. The number of nitrogens with one attached hydrogen (secondary N) is 3. The Morgan fingerprint density at radius 3 is 2.13 bits per heavy atom. The minimum atomic E-state index is 0.454. The fraction of sp³-hybridized carbons (Fsp3) is 0.222. The predicted molar refractivity (Wildman–Crippen MR) is 64.6 cm³/mol. The first-order valence-electron chi connectivity index (χ1n) is 4.36. The molecule has 6 heteroatoms. The summed E-state index contributed by atoms with van der Waals surface area (Å²) < 4.78 is 0. The molecule has 0 bridgehead atoms. The maximum Gasteiger partial charge on any atom is 0.188 e. The molecule has 82 valence electrons. The largest absolute Gasteiger partial charge is 0.398 e. The van der Waals surface area contributed by atoms with Gasteiger partial charge < -0.3 is 16.4 Å². The zero-order valence-electron chi connectivity index (χ0n) is 7.98. The van der Waals surface area contributed by atoms with Gasteiger partial charge in [0.05, 0.1) is 10.7 Å². The van der Waals surface area contributed by atoms with Crippen molar-refractivity contribution >= 4 is 34.8 Å². The quantitative estimate of drug-likeness (QED) is 0.527. The second kappa shape index (κ2) is 5.68. The normalized spacial score (nSPS) is 13.6. The number of halogens is 2. The molecule has 2 rings (SSSR count). The van der Waals surface area contributed by atoms with Crippen molar-refractivity contribution in [2.24, 2.45) is 0 Å². The van der Waals surface area contributed by atoms with E-state index in [4.69, 9.17) is 34.3 Å². The van der Waals surface area contributed by atoms with E-state index in [1.165, 1.54) is 0 Å². The summed E-state index contributed by atoms with van der Waals surface area (Å²) in [5.74, 6) is 0.454. The van der Waals surface area contributed by atoms with Crippen LogP contribution in [0, 0.1) is 5.41 Å². The van der Waals surface area contributed by atoms with Gasteiger partial charge in [0.25, 0.3) is 0 Å². The van der Waals surface area contributed by atoms with E-state index in [0.717, 1.165) is 13.1 Å². The molecule has 1 aromatic rings. The molecule has 1 saturated heterocycles. The van der Waals surface area contributed by atoms with Gasteiger partial charge in [-0.25, -0.2) is 0 Å². The van der Waals surface area contributed by atoms with Crippen molar-refractivity contribution in [3.8, 4) is 0 Å². The lowest BCUT2D eigenvalue weighted by Gasteiger charge is -1.94. The average molecular weight is 247 g/mol. The summed E-state index contributed by atoms with van der Waals surface area (Å²) >= 11 is 11.2. The second-order valence-corrected chi connectivity index (χ2v) is 3.74. The highest BCUT2D eigenvalue weighted by molar-refractivity contribution is 6.36. The molecule has 0 aliphatic carbocycles. The van der Waals surface area contributed by atoms with Gasteiger partial charge in [0.15, 0.2) is 5.96 Å². The van der Waals surface area contributed by atoms with Crippen molar-refractivity contribution in [3.05, 3.63) is 28.2 Å². The number of hydrogen-bond acceptors (Lipinski definition) is 2. The molecule has 0 aromatic heterocycles. The van der Waals surface area contributed by atoms with Crippen molar-refractivity contribution in [2.75, 3.05) is 18.8 Å². The van der Waals surface area contributed by atoms with Crippen LogP contribution in [0.1, 0.15) is 0 Å². The van der Waals surface area contributed by atoms with Gasteiger partial charge in [0.2, 0.25) is 0 Å². The van der Waals surface area contributed by atoms with Crippen LogP contribution in [0.4, 0.5) is 5.69 Å². The third kappa shape index (κ3) is 4.27. The van der Waals surface area contributed by atoms with E-state index in [0.29, 0.717) is 21.7 Å². The van der Waals surface area contributed by atoms with Crippen LogP contribution in [0.25, 0.3) is 0 Å². The summed E-state index contributed by atoms with van der Waals surface area (Å²) in [6, 6.07) is 4.98. The molecule has 1 aliphatic heterocycles. The number of guanidine groups is 1. The number of rotatable bonds is 0. The van der Waals surface area contributed by atoms with Gasteiger partial charge in [-0.1, -0.05) is 23.2 Å². The van der Waals surface area contributed by atoms with Gasteiger partial charge in [-0.05, 0) is 18.2 Å². The van der Waals surface area contributed by atoms with Crippen molar-refractivity contribution in [3.63, 3.8) is 0 Å². The molecule has 0 amide bonds. The molecule has 0 atom stereocenters. The van der Waals surface area contributed by atoms with E-state index < -0.39 is 0 Å². The highest BCUT2D eigenvalue weighted by Gasteiger charge is 1.98. The zero-order chi connectivity index (χ0) is 11.3. The number of anilines is 1. The molecule has 15 heavy (non-hydrogen) atoms. The van der Waals surface area contributed by atoms with Gasteiger partial charge in [-0.2, -0.15) is 0 Å². The Kier molecular flexibility index (Phi) is 4.52. The summed E-state index contributed by atoms with van der Waals surface area (Å²) in [5, 5.41) is 13.5. The third-order valence-corrected chi connectivity index (χ3v) is 2.25. The minimum absolute atomic E-state index is 0.454. The van der Waals surface area contributed by atoms with Gasteiger partial charge in [0, 0.05) is 18.1 Å². The van der Waals surface area contributed by atoms with Crippen LogP contribution in [0.15, 0.2) is 18.2 Å². The molecular weight excluding hydrogens is 235 g/mol. The summed E-state index contributed by atoms with van der Waals surface area (Å²) in [4.78, 5) is 0. The molecule has 1 aliphatic rings. The van der Waals surface area contributed by atoms with Crippen LogP contribution in [0.3, 0.4) is 0 Å². The van der Waals surface area contributed by atoms with Gasteiger partial charge in [-0.15, -0.1) is 0 Å². The summed E-state index contributed by atoms with van der Waals surface area (Å²) in [5.41, 5.74) is 5.95. The van der Waals surface area contributed by atoms with Crippen molar-refractivity contribution in [1.29, 1.82) is 5.41 Å². The van der Waals surface area contributed by atoms with Crippen molar-refractivity contribution < 1.29 is 0 Å². The zero-order valence-corrected chi connectivity index (χ0v) is 9.49. The Morgan fingerprint density at radius 1 is 1.20 bits per heavy atom. The van der Waals surface area contributed by atoms with Gasteiger partial charge in [0.1, 0.15) is 0 Å². The van der Waals surface area contributed by atoms with E-state index in [1.807, 2.05) is 0 Å². The van der Waals surface area contributed by atoms with Crippen LogP contribution in [0.2, 0.25) is 10.0 Å². The molecule has 0 unspecified atom stereocenters. The van der Waals surface area contributed by atoms with Crippen LogP contribution in [0.5, 0.6) is 0 Å². The van der Waals surface area contributed by atoms with E-state index in [-0.39, 0.29) is 0 Å².